The molecule has 2 aromatic rings. The molecule has 4 N–H and O–H groups in total. The van der Waals surface area contributed by atoms with Gasteiger partial charge in [0.2, 0.25) is 5.91 Å². The normalized spacial score (nSPS) is 13.7. The molecule has 1 unspecified atom stereocenters. The van der Waals surface area contributed by atoms with Crippen molar-refractivity contribution in [2.24, 2.45) is 5.73 Å². The standard InChI is InChI=1S/C14H16ClN3O3/c1-8-3-4-11(21-8)14(2,20)7-18-13-10(15)5-9(6-17-13)12(16)19/h3-6,20H,7H2,1-2H3,(H2,16,19)(H,17,18). The maximum absolute atomic E-state index is 11.0. The molecule has 0 aliphatic heterocycles. The number of hydrogen-bond donors (Lipinski definition) is 3. The van der Waals surface area contributed by atoms with E-state index in [9.17, 15) is 9.90 Å². The topological polar surface area (TPSA) is 101 Å². The highest BCUT2D eigenvalue weighted by Crippen LogP contribution is 2.25. The molecule has 0 aliphatic rings. The van der Waals surface area contributed by atoms with Gasteiger partial charge in [-0.3, -0.25) is 4.79 Å². The third kappa shape index (κ3) is 3.53. The fraction of sp³-hybridized carbons (Fsp3) is 0.286. The molecule has 0 aromatic carbocycles. The van der Waals surface area contributed by atoms with Gasteiger partial charge in [-0.1, -0.05) is 11.6 Å². The average molecular weight is 310 g/mol. The van der Waals surface area contributed by atoms with Crippen LogP contribution in [0.25, 0.3) is 0 Å². The first kappa shape index (κ1) is 15.3. The number of nitrogens with two attached hydrogens (primary N) is 1. The number of halogens is 1. The highest BCUT2D eigenvalue weighted by Gasteiger charge is 2.27. The van der Waals surface area contributed by atoms with Crippen molar-refractivity contribution in [2.75, 3.05) is 11.9 Å². The van der Waals surface area contributed by atoms with Crippen LogP contribution in [-0.4, -0.2) is 22.5 Å². The first-order chi connectivity index (χ1) is 9.79. The van der Waals surface area contributed by atoms with Crippen LogP contribution < -0.4 is 11.1 Å². The maximum atomic E-state index is 11.0. The Hall–Kier alpha value is -2.05. The number of aromatic nitrogens is 1. The van der Waals surface area contributed by atoms with E-state index in [-0.39, 0.29) is 17.1 Å². The number of carbonyl (C=O) groups excluding carboxylic acids is 1. The zero-order valence-corrected chi connectivity index (χ0v) is 12.4. The highest BCUT2D eigenvalue weighted by molar-refractivity contribution is 6.33. The van der Waals surface area contributed by atoms with Gasteiger partial charge in [-0.05, 0) is 32.0 Å². The molecule has 21 heavy (non-hydrogen) atoms. The summed E-state index contributed by atoms with van der Waals surface area (Å²) in [6, 6.07) is 4.91. The third-order valence-electron chi connectivity index (χ3n) is 3.00. The average Bonchev–Trinajstić information content (AvgIpc) is 2.84. The van der Waals surface area contributed by atoms with Crippen LogP contribution in [0.4, 0.5) is 5.82 Å². The molecule has 6 nitrogen and oxygen atoms in total. The molecular weight excluding hydrogens is 294 g/mol. The highest BCUT2D eigenvalue weighted by atomic mass is 35.5. The van der Waals surface area contributed by atoms with E-state index in [0.29, 0.717) is 17.3 Å². The van der Waals surface area contributed by atoms with E-state index in [2.05, 4.69) is 10.3 Å². The molecule has 0 bridgehead atoms. The van der Waals surface area contributed by atoms with Gasteiger partial charge >= 0.3 is 0 Å². The van der Waals surface area contributed by atoms with Crippen molar-refractivity contribution >= 4 is 23.3 Å². The zero-order valence-electron chi connectivity index (χ0n) is 11.7. The molecule has 0 saturated heterocycles. The maximum Gasteiger partial charge on any atom is 0.250 e. The first-order valence-electron chi connectivity index (χ1n) is 6.28. The van der Waals surface area contributed by atoms with Crippen LogP contribution in [0.15, 0.2) is 28.8 Å². The van der Waals surface area contributed by atoms with E-state index in [0.717, 1.165) is 0 Å². The van der Waals surface area contributed by atoms with Crippen LogP contribution in [0.1, 0.15) is 28.8 Å². The summed E-state index contributed by atoms with van der Waals surface area (Å²) in [4.78, 5) is 15.0. The Kier molecular flexibility index (Phi) is 4.20. The largest absolute Gasteiger partial charge is 0.463 e. The fourth-order valence-electron chi connectivity index (χ4n) is 1.77. The summed E-state index contributed by atoms with van der Waals surface area (Å²) in [6.07, 6.45) is 1.32. The number of nitrogens with zero attached hydrogens (tertiary/aromatic N) is 1. The molecule has 0 radical (unpaired) electrons. The number of nitrogens with one attached hydrogen (secondary N) is 1. The number of anilines is 1. The van der Waals surface area contributed by atoms with Crippen molar-refractivity contribution in [1.29, 1.82) is 0 Å². The molecule has 7 heteroatoms. The van der Waals surface area contributed by atoms with Crippen molar-refractivity contribution in [3.05, 3.63) is 46.5 Å². The number of hydrogen-bond acceptors (Lipinski definition) is 5. The Balaban J connectivity index is 2.10. The van der Waals surface area contributed by atoms with Crippen molar-refractivity contribution in [3.63, 3.8) is 0 Å². The Labute approximate surface area is 126 Å². The Morgan fingerprint density at radius 1 is 1.57 bits per heavy atom. The van der Waals surface area contributed by atoms with E-state index >= 15 is 0 Å². The summed E-state index contributed by atoms with van der Waals surface area (Å²) in [5, 5.41) is 13.6. The summed E-state index contributed by atoms with van der Waals surface area (Å²) < 4.78 is 5.41. The van der Waals surface area contributed by atoms with Gasteiger partial charge in [-0.2, -0.15) is 0 Å². The Bertz CT molecular complexity index is 667. The zero-order chi connectivity index (χ0) is 15.6. The van der Waals surface area contributed by atoms with Crippen molar-refractivity contribution in [3.8, 4) is 0 Å². The van der Waals surface area contributed by atoms with Gasteiger partial charge in [-0.15, -0.1) is 0 Å². The Morgan fingerprint density at radius 2 is 2.29 bits per heavy atom. The lowest BCUT2D eigenvalue weighted by molar-refractivity contribution is 0.0467. The van der Waals surface area contributed by atoms with Crippen LogP contribution in [0, 0.1) is 6.92 Å². The lowest BCUT2D eigenvalue weighted by atomic mass is 10.0. The minimum Gasteiger partial charge on any atom is -0.463 e. The molecule has 0 fully saturated rings. The van der Waals surface area contributed by atoms with Crippen LogP contribution in [0.3, 0.4) is 0 Å². The smallest absolute Gasteiger partial charge is 0.250 e. The van der Waals surface area contributed by atoms with Crippen molar-refractivity contribution in [2.45, 2.75) is 19.4 Å². The molecular formula is C14H16ClN3O3. The van der Waals surface area contributed by atoms with Crippen LogP contribution in [0.2, 0.25) is 5.02 Å². The molecule has 0 aliphatic carbocycles. The van der Waals surface area contributed by atoms with Gasteiger partial charge in [0.25, 0.3) is 0 Å². The van der Waals surface area contributed by atoms with Gasteiger partial charge in [0.15, 0.2) is 0 Å². The van der Waals surface area contributed by atoms with E-state index in [4.69, 9.17) is 21.8 Å². The number of carbonyl (C=O) groups is 1. The predicted molar refractivity (Wildman–Crippen MR) is 79.3 cm³/mol. The number of rotatable bonds is 5. The van der Waals surface area contributed by atoms with Gasteiger partial charge < -0.3 is 20.6 Å². The lowest BCUT2D eigenvalue weighted by Gasteiger charge is -2.22. The van der Waals surface area contributed by atoms with E-state index in [1.807, 2.05) is 0 Å². The molecule has 1 amide bonds. The Morgan fingerprint density at radius 3 is 2.81 bits per heavy atom. The number of amides is 1. The summed E-state index contributed by atoms with van der Waals surface area (Å²) in [5.74, 6) is 0.906. The van der Waals surface area contributed by atoms with Crippen molar-refractivity contribution < 1.29 is 14.3 Å². The predicted octanol–water partition coefficient (Wildman–Crippen LogP) is 2.05. The second-order valence-electron chi connectivity index (χ2n) is 4.96. The van der Waals surface area contributed by atoms with E-state index in [1.165, 1.54) is 12.3 Å². The number of furan rings is 1. The molecule has 0 saturated carbocycles. The molecule has 2 rings (SSSR count). The summed E-state index contributed by atoms with van der Waals surface area (Å²) in [7, 11) is 0. The van der Waals surface area contributed by atoms with Gasteiger partial charge in [0.1, 0.15) is 22.9 Å². The lowest BCUT2D eigenvalue weighted by Crippen LogP contribution is -2.30. The third-order valence-corrected chi connectivity index (χ3v) is 3.29. The molecule has 2 aromatic heterocycles. The minimum atomic E-state index is -1.22. The minimum absolute atomic E-state index is 0.141. The second kappa shape index (κ2) is 5.75. The SMILES string of the molecule is Cc1ccc(C(C)(O)CNc2ncc(C(N)=O)cc2Cl)o1. The van der Waals surface area contributed by atoms with Gasteiger partial charge in [0.05, 0.1) is 17.1 Å². The fourth-order valence-corrected chi connectivity index (χ4v) is 2.00. The summed E-state index contributed by atoms with van der Waals surface area (Å²) >= 11 is 6.01. The first-order valence-corrected chi connectivity index (χ1v) is 6.66. The number of pyridine rings is 1. The molecule has 1 atom stereocenters. The molecule has 2 heterocycles. The van der Waals surface area contributed by atoms with Gasteiger partial charge in [-0.25, -0.2) is 4.98 Å². The molecule has 0 spiro atoms. The number of aliphatic hydroxyl groups is 1. The summed E-state index contributed by atoms with van der Waals surface area (Å²) in [5.41, 5.74) is 4.14. The van der Waals surface area contributed by atoms with E-state index < -0.39 is 11.5 Å². The van der Waals surface area contributed by atoms with Crippen LogP contribution >= 0.6 is 11.6 Å². The second-order valence-corrected chi connectivity index (χ2v) is 5.36. The van der Waals surface area contributed by atoms with Crippen LogP contribution in [-0.2, 0) is 5.60 Å². The van der Waals surface area contributed by atoms with Crippen molar-refractivity contribution in [1.82, 2.24) is 4.98 Å². The monoisotopic (exact) mass is 309 g/mol. The van der Waals surface area contributed by atoms with E-state index in [1.54, 1.807) is 26.0 Å². The van der Waals surface area contributed by atoms with Gasteiger partial charge in [0, 0.05) is 6.20 Å². The quantitative estimate of drug-likeness (QED) is 0.784. The summed E-state index contributed by atoms with van der Waals surface area (Å²) in [6.45, 7) is 3.56. The van der Waals surface area contributed by atoms with Crippen LogP contribution in [0.5, 0.6) is 0 Å². The molecule has 112 valence electrons. The number of primary amides is 1. The number of aryl methyl sites for hydroxylation is 1.